The molecule has 1 aliphatic rings. The number of nitrogens with zero attached hydrogens (tertiary/aromatic N) is 1. The van der Waals surface area contributed by atoms with Crippen molar-refractivity contribution < 1.29 is 22.7 Å². The maximum Gasteiger partial charge on any atom is 0.341 e. The van der Waals surface area contributed by atoms with Crippen molar-refractivity contribution in [1.82, 2.24) is 4.31 Å². The van der Waals surface area contributed by atoms with E-state index in [2.05, 4.69) is 19.2 Å². The lowest BCUT2D eigenvalue weighted by Crippen LogP contribution is -2.42. The van der Waals surface area contributed by atoms with Gasteiger partial charge in [-0.25, -0.2) is 13.2 Å². The molecule has 1 N–H and O–H groups in total. The van der Waals surface area contributed by atoms with Gasteiger partial charge >= 0.3 is 5.97 Å². The van der Waals surface area contributed by atoms with Gasteiger partial charge < -0.3 is 10.1 Å². The molecule has 174 valence electrons. The number of sulfonamides is 1. The largest absolute Gasteiger partial charge is 0.465 e. The van der Waals surface area contributed by atoms with Crippen molar-refractivity contribution in [2.45, 2.75) is 25.2 Å². The van der Waals surface area contributed by atoms with Crippen molar-refractivity contribution in [1.29, 1.82) is 0 Å². The molecule has 3 aromatic rings. The zero-order chi connectivity index (χ0) is 23.8. The molecule has 2 atom stereocenters. The van der Waals surface area contributed by atoms with Crippen LogP contribution in [-0.2, 0) is 14.8 Å². The van der Waals surface area contributed by atoms with Gasteiger partial charge in [-0.15, -0.1) is 11.3 Å². The van der Waals surface area contributed by atoms with Gasteiger partial charge in [-0.2, -0.15) is 4.31 Å². The molecule has 2 aromatic carbocycles. The number of hydrogen-bond donors (Lipinski definition) is 1. The standard InChI is InChI=1S/C24H26N2O5S2/c1-15-12-16(2)14-26(13-15)33(29,30)18-10-8-17(9-11-18)22(27)25-23-21(24(28)31-3)19-6-4-5-7-20(19)32-23/h4-11,15-16H,12-14H2,1-3H3,(H,25,27). The molecule has 9 heteroatoms. The van der Waals surface area contributed by atoms with Gasteiger partial charge in [-0.3, -0.25) is 4.79 Å². The van der Waals surface area contributed by atoms with Crippen LogP contribution in [-0.4, -0.2) is 44.8 Å². The second-order valence-electron chi connectivity index (χ2n) is 8.54. The summed E-state index contributed by atoms with van der Waals surface area (Å²) in [4.78, 5) is 25.4. The molecule has 0 spiro atoms. The summed E-state index contributed by atoms with van der Waals surface area (Å²) in [6.45, 7) is 5.11. The summed E-state index contributed by atoms with van der Waals surface area (Å²) in [5.74, 6) is -0.358. The summed E-state index contributed by atoms with van der Waals surface area (Å²) >= 11 is 1.28. The summed E-state index contributed by atoms with van der Waals surface area (Å²) in [6.07, 6.45) is 1.01. The number of ether oxygens (including phenoxy) is 1. The normalized spacial score (nSPS) is 19.4. The van der Waals surface area contributed by atoms with E-state index in [-0.39, 0.29) is 4.90 Å². The van der Waals surface area contributed by atoms with E-state index in [4.69, 9.17) is 4.74 Å². The summed E-state index contributed by atoms with van der Waals surface area (Å²) in [5.41, 5.74) is 0.599. The number of nitrogens with one attached hydrogen (secondary N) is 1. The molecule has 0 saturated carbocycles. The fraction of sp³-hybridized carbons (Fsp3) is 0.333. The summed E-state index contributed by atoms with van der Waals surface area (Å²) in [5, 5.41) is 3.88. The highest BCUT2D eigenvalue weighted by molar-refractivity contribution is 7.89. The van der Waals surface area contributed by atoms with Crippen molar-refractivity contribution in [2.75, 3.05) is 25.5 Å². The third-order valence-corrected chi connectivity index (χ3v) is 8.73. The number of anilines is 1. The van der Waals surface area contributed by atoms with Crippen molar-refractivity contribution >= 4 is 48.3 Å². The average molecular weight is 487 g/mol. The number of methoxy groups -OCH3 is 1. The fourth-order valence-electron chi connectivity index (χ4n) is 4.34. The Hall–Kier alpha value is -2.75. The molecular weight excluding hydrogens is 460 g/mol. The van der Waals surface area contributed by atoms with Gasteiger partial charge in [0.2, 0.25) is 10.0 Å². The highest BCUT2D eigenvalue weighted by Crippen LogP contribution is 2.36. The number of benzene rings is 2. The second kappa shape index (κ2) is 9.24. The van der Waals surface area contributed by atoms with Crippen molar-refractivity contribution in [2.24, 2.45) is 11.8 Å². The molecule has 0 bridgehead atoms. The minimum atomic E-state index is -3.63. The van der Waals surface area contributed by atoms with E-state index in [1.807, 2.05) is 18.2 Å². The van der Waals surface area contributed by atoms with Crippen LogP contribution < -0.4 is 5.32 Å². The highest BCUT2D eigenvalue weighted by Gasteiger charge is 2.31. The Labute approximate surface area is 197 Å². The molecule has 1 aliphatic heterocycles. The minimum Gasteiger partial charge on any atom is -0.465 e. The van der Waals surface area contributed by atoms with Gasteiger partial charge in [0.25, 0.3) is 5.91 Å². The smallest absolute Gasteiger partial charge is 0.341 e. The summed E-state index contributed by atoms with van der Waals surface area (Å²) in [6, 6.07) is 13.2. The first kappa shape index (κ1) is 23.4. The van der Waals surface area contributed by atoms with E-state index in [0.717, 1.165) is 11.1 Å². The molecule has 7 nitrogen and oxygen atoms in total. The summed E-state index contributed by atoms with van der Waals surface area (Å²) in [7, 11) is -2.33. The number of thiophene rings is 1. The van der Waals surface area contributed by atoms with Crippen molar-refractivity contribution in [3.05, 3.63) is 59.7 Å². The Morgan fingerprint density at radius 2 is 1.67 bits per heavy atom. The number of esters is 1. The van der Waals surface area contributed by atoms with Crippen LogP contribution in [0.5, 0.6) is 0 Å². The van der Waals surface area contributed by atoms with Gasteiger partial charge in [0.15, 0.2) is 0 Å². The van der Waals surface area contributed by atoms with Crippen LogP contribution in [0.4, 0.5) is 5.00 Å². The SMILES string of the molecule is COC(=O)c1c(NC(=O)c2ccc(S(=O)(=O)N3CC(C)CC(C)C3)cc2)sc2ccccc12. The number of piperidine rings is 1. The molecule has 2 unspecified atom stereocenters. The Bertz CT molecular complexity index is 1290. The van der Waals surface area contributed by atoms with Crippen LogP contribution in [0, 0.1) is 11.8 Å². The maximum atomic E-state index is 13.1. The Kier molecular flexibility index (Phi) is 6.56. The van der Waals surface area contributed by atoms with Gasteiger partial charge in [0.05, 0.1) is 12.0 Å². The molecular formula is C24H26N2O5S2. The average Bonchev–Trinajstić information content (AvgIpc) is 3.15. The highest BCUT2D eigenvalue weighted by atomic mass is 32.2. The topological polar surface area (TPSA) is 92.8 Å². The van der Waals surface area contributed by atoms with Crippen LogP contribution in [0.1, 0.15) is 41.0 Å². The van der Waals surface area contributed by atoms with E-state index in [1.54, 1.807) is 6.07 Å². The van der Waals surface area contributed by atoms with Crippen LogP contribution >= 0.6 is 11.3 Å². The predicted molar refractivity (Wildman–Crippen MR) is 129 cm³/mol. The van der Waals surface area contributed by atoms with E-state index in [1.165, 1.54) is 47.0 Å². The van der Waals surface area contributed by atoms with Crippen LogP contribution in [0.25, 0.3) is 10.1 Å². The maximum absolute atomic E-state index is 13.1. The molecule has 2 heterocycles. The van der Waals surface area contributed by atoms with Gasteiger partial charge in [0.1, 0.15) is 10.6 Å². The number of rotatable bonds is 5. The minimum absolute atomic E-state index is 0.164. The fourth-order valence-corrected chi connectivity index (χ4v) is 7.11. The lowest BCUT2D eigenvalue weighted by atomic mass is 9.94. The molecule has 33 heavy (non-hydrogen) atoms. The zero-order valence-electron chi connectivity index (χ0n) is 18.7. The number of fused-ring (bicyclic) bond motifs is 1. The number of hydrogen-bond acceptors (Lipinski definition) is 6. The first-order valence-corrected chi connectivity index (χ1v) is 13.0. The Balaban J connectivity index is 1.57. The third kappa shape index (κ3) is 4.66. The number of carbonyl (C=O) groups excluding carboxylic acids is 2. The molecule has 1 fully saturated rings. The van der Waals surface area contributed by atoms with Gasteiger partial charge in [0, 0.05) is 28.7 Å². The lowest BCUT2D eigenvalue weighted by Gasteiger charge is -2.34. The van der Waals surface area contributed by atoms with E-state index < -0.39 is 21.9 Å². The van der Waals surface area contributed by atoms with Crippen LogP contribution in [0.15, 0.2) is 53.4 Å². The van der Waals surface area contributed by atoms with E-state index >= 15 is 0 Å². The van der Waals surface area contributed by atoms with Crippen LogP contribution in [0.2, 0.25) is 0 Å². The number of carbonyl (C=O) groups is 2. The Morgan fingerprint density at radius 1 is 1.03 bits per heavy atom. The van der Waals surface area contributed by atoms with E-state index in [9.17, 15) is 18.0 Å². The van der Waals surface area contributed by atoms with Gasteiger partial charge in [-0.05, 0) is 48.6 Å². The molecule has 4 rings (SSSR count). The van der Waals surface area contributed by atoms with Crippen LogP contribution in [0.3, 0.4) is 0 Å². The molecule has 1 saturated heterocycles. The Morgan fingerprint density at radius 3 is 2.30 bits per heavy atom. The first-order chi connectivity index (χ1) is 15.7. The first-order valence-electron chi connectivity index (χ1n) is 10.7. The zero-order valence-corrected chi connectivity index (χ0v) is 20.3. The molecule has 1 aromatic heterocycles. The second-order valence-corrected chi connectivity index (χ2v) is 11.5. The molecule has 1 amide bonds. The quantitative estimate of drug-likeness (QED) is 0.532. The number of amides is 1. The van der Waals surface area contributed by atoms with E-state index in [0.29, 0.717) is 46.4 Å². The van der Waals surface area contributed by atoms with Crippen molar-refractivity contribution in [3.63, 3.8) is 0 Å². The summed E-state index contributed by atoms with van der Waals surface area (Å²) < 4.78 is 33.4. The predicted octanol–water partition coefficient (Wildman–Crippen LogP) is 4.61. The van der Waals surface area contributed by atoms with Gasteiger partial charge in [-0.1, -0.05) is 32.0 Å². The molecule has 0 aliphatic carbocycles. The van der Waals surface area contributed by atoms with Crippen molar-refractivity contribution in [3.8, 4) is 0 Å². The molecule has 0 radical (unpaired) electrons. The lowest BCUT2D eigenvalue weighted by molar-refractivity contribution is 0.0604. The monoisotopic (exact) mass is 486 g/mol. The third-order valence-electron chi connectivity index (χ3n) is 5.80.